The maximum atomic E-state index is 13.9. The van der Waals surface area contributed by atoms with E-state index in [1.165, 1.54) is 17.7 Å². The Morgan fingerprint density at radius 3 is 1.82 bits per heavy atom. The van der Waals surface area contributed by atoms with Gasteiger partial charge in [0.2, 0.25) is 5.96 Å². The molecular formula is C51H62N9O13P. The molecule has 22 nitrogen and oxygen atoms in total. The van der Waals surface area contributed by atoms with Gasteiger partial charge in [0.25, 0.3) is 14.1 Å². The highest BCUT2D eigenvalue weighted by molar-refractivity contribution is 7.44. The number of ether oxygens (including phenoxy) is 7. The minimum Gasteiger partial charge on any atom is -0.497 e. The number of rotatable bonds is 25. The zero-order valence-electron chi connectivity index (χ0n) is 42.3. The van der Waals surface area contributed by atoms with E-state index in [0.717, 1.165) is 5.56 Å². The van der Waals surface area contributed by atoms with Crippen LogP contribution in [0.15, 0.2) is 99.6 Å². The lowest BCUT2D eigenvalue weighted by atomic mass is 9.80. The van der Waals surface area contributed by atoms with Gasteiger partial charge >= 0.3 is 17.9 Å². The van der Waals surface area contributed by atoms with Crippen molar-refractivity contribution in [2.24, 2.45) is 4.99 Å². The Labute approximate surface area is 430 Å². The number of alkyl carbamates (subject to hydrolysis) is 2. The fourth-order valence-corrected chi connectivity index (χ4v) is 9.70. The van der Waals surface area contributed by atoms with Crippen molar-refractivity contribution in [2.45, 2.75) is 96.1 Å². The third-order valence-corrected chi connectivity index (χ3v) is 13.4. The minimum absolute atomic E-state index is 0.0157. The molecule has 23 heteroatoms. The molecule has 1 aromatic heterocycles. The van der Waals surface area contributed by atoms with Gasteiger partial charge in [-0.3, -0.25) is 25.0 Å². The minimum atomic E-state index is -2.03. The number of nitrogens with zero attached hydrogens (tertiary/aromatic N) is 6. The normalized spacial score (nSPS) is 16.6. The number of aromatic nitrogens is 2. The molecule has 0 spiro atoms. The van der Waals surface area contributed by atoms with Crippen molar-refractivity contribution in [2.75, 3.05) is 53.8 Å². The van der Waals surface area contributed by atoms with Gasteiger partial charge < -0.3 is 42.2 Å². The molecule has 394 valence electrons. The van der Waals surface area contributed by atoms with E-state index in [1.54, 1.807) is 14.2 Å². The van der Waals surface area contributed by atoms with Gasteiger partial charge in [-0.2, -0.15) is 15.8 Å². The van der Waals surface area contributed by atoms with Gasteiger partial charge in [0.15, 0.2) is 6.23 Å². The number of amides is 2. The molecule has 0 radical (unpaired) electrons. The first-order valence-electron chi connectivity index (χ1n) is 23.7. The number of guanidine groups is 1. The highest BCUT2D eigenvalue weighted by Crippen LogP contribution is 2.51. The number of aryl methyl sites for hydroxylation is 1. The Bertz CT molecular complexity index is 2630. The van der Waals surface area contributed by atoms with Crippen LogP contribution >= 0.6 is 8.53 Å². The van der Waals surface area contributed by atoms with Crippen LogP contribution in [0.4, 0.5) is 9.59 Å². The summed E-state index contributed by atoms with van der Waals surface area (Å²) in [5, 5.41) is 32.0. The van der Waals surface area contributed by atoms with Crippen molar-refractivity contribution < 1.29 is 51.8 Å². The average Bonchev–Trinajstić information content (AvgIpc) is 3.72. The second-order valence-electron chi connectivity index (χ2n) is 16.9. The van der Waals surface area contributed by atoms with E-state index in [9.17, 15) is 24.4 Å². The zero-order chi connectivity index (χ0) is 53.6. The molecule has 1 fully saturated rings. The van der Waals surface area contributed by atoms with Gasteiger partial charge in [-0.25, -0.2) is 24.0 Å². The number of hydrogen-bond donors (Lipinski definition) is 3. The summed E-state index contributed by atoms with van der Waals surface area (Å²) >= 11 is 0. The number of methoxy groups -OCH3 is 2. The molecule has 5 rings (SSSR count). The van der Waals surface area contributed by atoms with Crippen molar-refractivity contribution in [3.63, 3.8) is 0 Å². The molecule has 1 unspecified atom stereocenters. The monoisotopic (exact) mass is 1040 g/mol. The third-order valence-electron chi connectivity index (χ3n) is 11.2. The number of aromatic amines is 1. The molecule has 0 saturated carbocycles. The van der Waals surface area contributed by atoms with Crippen molar-refractivity contribution in [1.82, 2.24) is 24.9 Å². The lowest BCUT2D eigenvalue weighted by Gasteiger charge is -2.39. The van der Waals surface area contributed by atoms with Gasteiger partial charge in [-0.05, 0) is 75.6 Å². The van der Waals surface area contributed by atoms with Crippen LogP contribution in [0, 0.1) is 40.9 Å². The first-order chi connectivity index (χ1) is 35.7. The van der Waals surface area contributed by atoms with Gasteiger partial charge in [0, 0.05) is 23.8 Å². The van der Waals surface area contributed by atoms with Gasteiger partial charge in [0.05, 0.1) is 78.1 Å². The van der Waals surface area contributed by atoms with Crippen LogP contribution in [0.3, 0.4) is 0 Å². The number of nitriles is 3. The van der Waals surface area contributed by atoms with Gasteiger partial charge in [0.1, 0.15) is 48.6 Å². The number of hydrogen-bond acceptors (Lipinski definition) is 18. The summed E-state index contributed by atoms with van der Waals surface area (Å²) in [6.07, 6.45) is -5.59. The predicted molar refractivity (Wildman–Crippen MR) is 270 cm³/mol. The van der Waals surface area contributed by atoms with Crippen LogP contribution in [0.25, 0.3) is 0 Å². The second kappa shape index (κ2) is 28.9. The molecule has 4 aromatic rings. The summed E-state index contributed by atoms with van der Waals surface area (Å²) < 4.78 is 58.8. The predicted octanol–water partition coefficient (Wildman–Crippen LogP) is 6.45. The van der Waals surface area contributed by atoms with Crippen molar-refractivity contribution in [3.05, 3.63) is 128 Å². The van der Waals surface area contributed by atoms with E-state index in [1.807, 2.05) is 123 Å². The fraction of sp³-hybridized carbons (Fsp3) is 0.451. The molecule has 3 aromatic carbocycles. The molecule has 0 aliphatic carbocycles. The first kappa shape index (κ1) is 57.7. The number of carbonyl (C=O) groups is 2. The van der Waals surface area contributed by atoms with Crippen LogP contribution in [-0.2, 0) is 38.3 Å². The summed E-state index contributed by atoms with van der Waals surface area (Å²) in [4.78, 5) is 58.6. The number of carbonyl (C=O) groups excluding carboxylic acids is 2. The summed E-state index contributed by atoms with van der Waals surface area (Å²) in [6, 6.07) is 30.1. The Kier molecular flexibility index (Phi) is 22.5. The molecule has 5 atom stereocenters. The lowest BCUT2D eigenvalue weighted by Crippen LogP contribution is -2.45. The van der Waals surface area contributed by atoms with Crippen molar-refractivity contribution >= 4 is 26.7 Å². The van der Waals surface area contributed by atoms with Crippen molar-refractivity contribution in [3.8, 4) is 29.7 Å². The van der Waals surface area contributed by atoms with Crippen molar-refractivity contribution in [1.29, 1.82) is 15.8 Å². The summed E-state index contributed by atoms with van der Waals surface area (Å²) in [5.41, 5.74) is -0.406. The number of aliphatic imine (C=N–C) groups is 1. The first-order valence-corrected chi connectivity index (χ1v) is 24.8. The van der Waals surface area contributed by atoms with Gasteiger partial charge in [-0.1, -0.05) is 54.6 Å². The quantitative estimate of drug-likeness (QED) is 0.0211. The third kappa shape index (κ3) is 15.4. The molecule has 74 heavy (non-hydrogen) atoms. The van der Waals surface area contributed by atoms with Gasteiger partial charge in [-0.15, -0.1) is 0 Å². The zero-order valence-corrected chi connectivity index (χ0v) is 43.2. The second-order valence-corrected chi connectivity index (χ2v) is 18.3. The topological polar surface area (TPSA) is 283 Å². The van der Waals surface area contributed by atoms with Crippen LogP contribution in [-0.4, -0.2) is 117 Å². The largest absolute Gasteiger partial charge is 0.497 e. The van der Waals surface area contributed by atoms with Crippen LogP contribution < -0.4 is 31.4 Å². The van der Waals surface area contributed by atoms with Crippen LogP contribution in [0.2, 0.25) is 0 Å². The number of benzene rings is 3. The van der Waals surface area contributed by atoms with E-state index in [0.29, 0.717) is 22.6 Å². The Balaban J connectivity index is 1.66. The Morgan fingerprint density at radius 1 is 0.784 bits per heavy atom. The molecule has 1 aliphatic rings. The molecule has 1 saturated heterocycles. The van der Waals surface area contributed by atoms with Crippen LogP contribution in [0.1, 0.15) is 75.4 Å². The Morgan fingerprint density at radius 2 is 1.31 bits per heavy atom. The highest BCUT2D eigenvalue weighted by Gasteiger charge is 2.51. The standard InChI is InChI=1S/C51H62N9O13P/c1-34(2)60(35(3)4)74(71-30-13-26-54)73-43-42(33-70-51(37-14-9-8-10-15-37,38-16-20-40(65-6)21-17-38)39-18-22-41(66-7)23-19-39)72-46(59-32-36(5)45(61)56-48(59)62)44(43)67-31-27-55-47(57-49(63)68-28-11-24-52)58-50(64)69-29-12-25-53/h8-10,14-23,32,34-35,42-44,46H,11-13,27-31,33H2,1-7H3,(H,56,61,62)(H2,55,57,58,63,64)/t42-,43-,44-,46-,74?/m1/s1. The maximum absolute atomic E-state index is 13.9. The summed E-state index contributed by atoms with van der Waals surface area (Å²) in [6.45, 7) is 8.21. The molecular weight excluding hydrogens is 978 g/mol. The number of nitrogens with one attached hydrogen (secondary N) is 3. The average molecular weight is 1040 g/mol. The van der Waals surface area contributed by atoms with E-state index >= 15 is 0 Å². The summed E-state index contributed by atoms with van der Waals surface area (Å²) in [5.74, 6) is 0.818. The molecule has 2 heterocycles. The highest BCUT2D eigenvalue weighted by atomic mass is 31.2. The van der Waals surface area contributed by atoms with Crippen LogP contribution in [0.5, 0.6) is 11.5 Å². The fourth-order valence-electron chi connectivity index (χ4n) is 7.93. The smallest absolute Gasteiger partial charge is 0.413 e. The number of H-pyrrole nitrogens is 1. The molecule has 0 bridgehead atoms. The molecule has 2 amide bonds. The van der Waals surface area contributed by atoms with E-state index in [4.69, 9.17) is 52.7 Å². The van der Waals surface area contributed by atoms with E-state index in [2.05, 4.69) is 26.7 Å². The lowest BCUT2D eigenvalue weighted by molar-refractivity contribution is -0.0974. The van der Waals surface area contributed by atoms with E-state index in [-0.39, 0.29) is 76.5 Å². The molecule has 1 aliphatic heterocycles. The van der Waals surface area contributed by atoms with E-state index < -0.39 is 68.1 Å². The molecule has 3 N–H and O–H groups in total. The summed E-state index contributed by atoms with van der Waals surface area (Å²) in [7, 11) is 1.12. The Hall–Kier alpha value is -7.19. The SMILES string of the molecule is COc1ccc(C(OC[C@H]2O[C@@H](n3cc(C)c(=O)[nH]c3=O)[C@H](OCCN=C(NC(=O)OCCC#N)NC(=O)OCCC#N)[C@@H]2OP(OCCC#N)N(C(C)C)C(C)C)(c2ccccc2)c2ccc(OC)cc2)cc1. The maximum Gasteiger partial charge on any atom is 0.413 e.